The lowest BCUT2D eigenvalue weighted by molar-refractivity contribution is 0.102. The molecular formula is C22H19ClN4O2. The van der Waals surface area contributed by atoms with E-state index in [2.05, 4.69) is 15.6 Å². The van der Waals surface area contributed by atoms with Gasteiger partial charge in [0.25, 0.3) is 5.91 Å². The lowest BCUT2D eigenvalue weighted by Crippen LogP contribution is -2.11. The molecule has 1 amide bonds. The molecular weight excluding hydrogens is 388 g/mol. The summed E-state index contributed by atoms with van der Waals surface area (Å²) >= 11 is 6.13. The van der Waals surface area contributed by atoms with Crippen LogP contribution >= 0.6 is 11.6 Å². The van der Waals surface area contributed by atoms with E-state index >= 15 is 0 Å². The zero-order chi connectivity index (χ0) is 20.4. The van der Waals surface area contributed by atoms with Crippen molar-refractivity contribution in [3.05, 3.63) is 82.4 Å². The van der Waals surface area contributed by atoms with Crippen LogP contribution in [0.5, 0.6) is 5.75 Å². The minimum Gasteiger partial charge on any atom is -0.497 e. The first-order valence-electron chi connectivity index (χ1n) is 9.07. The number of hydrogen-bond acceptors (Lipinski definition) is 4. The number of aromatic nitrogens is 3. The largest absolute Gasteiger partial charge is 0.497 e. The molecule has 0 unspecified atom stereocenters. The summed E-state index contributed by atoms with van der Waals surface area (Å²) < 4.78 is 7.07. The quantitative estimate of drug-likeness (QED) is 0.521. The van der Waals surface area contributed by atoms with Crippen LogP contribution in [0, 0.1) is 6.92 Å². The van der Waals surface area contributed by atoms with Crippen LogP contribution in [0.2, 0.25) is 5.02 Å². The smallest absolute Gasteiger partial charge is 0.255 e. The van der Waals surface area contributed by atoms with E-state index in [1.165, 1.54) is 0 Å². The number of halogens is 1. The fourth-order valence-corrected chi connectivity index (χ4v) is 3.23. The highest BCUT2D eigenvalue weighted by Gasteiger charge is 2.12. The lowest BCUT2D eigenvalue weighted by Gasteiger charge is -2.08. The molecule has 3 aromatic carbocycles. The molecule has 0 radical (unpaired) electrons. The Kier molecular flexibility index (Phi) is 5.18. The first-order valence-corrected chi connectivity index (χ1v) is 9.45. The van der Waals surface area contributed by atoms with Crippen LogP contribution in [-0.2, 0) is 6.54 Å². The van der Waals surface area contributed by atoms with Crippen molar-refractivity contribution in [2.45, 2.75) is 13.5 Å². The second kappa shape index (κ2) is 7.93. The predicted molar refractivity (Wildman–Crippen MR) is 114 cm³/mol. The van der Waals surface area contributed by atoms with Crippen molar-refractivity contribution in [1.29, 1.82) is 0 Å². The lowest BCUT2D eigenvalue weighted by atomic mass is 10.1. The fourth-order valence-electron chi connectivity index (χ4n) is 3.05. The molecule has 0 saturated heterocycles. The van der Waals surface area contributed by atoms with E-state index in [0.717, 1.165) is 22.4 Å². The Labute approximate surface area is 173 Å². The van der Waals surface area contributed by atoms with Gasteiger partial charge in [-0.05, 0) is 60.5 Å². The van der Waals surface area contributed by atoms with Gasteiger partial charge in [0.2, 0.25) is 0 Å². The van der Waals surface area contributed by atoms with Crippen LogP contribution in [0.1, 0.15) is 21.5 Å². The van der Waals surface area contributed by atoms with Crippen molar-refractivity contribution < 1.29 is 9.53 Å². The number of rotatable bonds is 5. The second-order valence-corrected chi connectivity index (χ2v) is 7.13. The topological polar surface area (TPSA) is 69.0 Å². The molecule has 0 fully saturated rings. The van der Waals surface area contributed by atoms with Crippen molar-refractivity contribution in [1.82, 2.24) is 15.0 Å². The molecule has 4 aromatic rings. The van der Waals surface area contributed by atoms with E-state index in [1.807, 2.05) is 49.4 Å². The Balaban J connectivity index is 1.55. The average molecular weight is 407 g/mol. The molecule has 0 saturated carbocycles. The first-order chi connectivity index (χ1) is 14.0. The van der Waals surface area contributed by atoms with Gasteiger partial charge in [0.1, 0.15) is 11.3 Å². The molecule has 146 valence electrons. The highest BCUT2D eigenvalue weighted by molar-refractivity contribution is 6.31. The number of nitrogens with one attached hydrogen (secondary N) is 1. The van der Waals surface area contributed by atoms with Gasteiger partial charge in [-0.3, -0.25) is 4.79 Å². The minimum absolute atomic E-state index is 0.228. The highest BCUT2D eigenvalue weighted by atomic mass is 35.5. The van der Waals surface area contributed by atoms with Crippen LogP contribution in [0.15, 0.2) is 60.7 Å². The van der Waals surface area contributed by atoms with Crippen LogP contribution in [-0.4, -0.2) is 28.0 Å². The van der Waals surface area contributed by atoms with E-state index in [-0.39, 0.29) is 5.91 Å². The van der Waals surface area contributed by atoms with Crippen molar-refractivity contribution in [2.24, 2.45) is 0 Å². The molecule has 0 spiro atoms. The summed E-state index contributed by atoms with van der Waals surface area (Å²) in [5.74, 6) is 0.566. The number of fused-ring (bicyclic) bond motifs is 1. The molecule has 0 aliphatic rings. The van der Waals surface area contributed by atoms with Crippen molar-refractivity contribution in [2.75, 3.05) is 12.4 Å². The van der Waals surface area contributed by atoms with Gasteiger partial charge in [0.05, 0.1) is 19.2 Å². The summed E-state index contributed by atoms with van der Waals surface area (Å²) in [6, 6.07) is 18.6. The van der Waals surface area contributed by atoms with Gasteiger partial charge >= 0.3 is 0 Å². The maximum absolute atomic E-state index is 12.6. The van der Waals surface area contributed by atoms with E-state index in [0.29, 0.717) is 28.3 Å². The number of benzene rings is 3. The highest BCUT2D eigenvalue weighted by Crippen LogP contribution is 2.22. The summed E-state index contributed by atoms with van der Waals surface area (Å²) in [7, 11) is 1.64. The summed E-state index contributed by atoms with van der Waals surface area (Å²) in [4.78, 5) is 12.6. The van der Waals surface area contributed by atoms with Crippen molar-refractivity contribution in [3.63, 3.8) is 0 Å². The minimum atomic E-state index is -0.228. The Bertz CT molecular complexity index is 1200. The molecule has 1 heterocycles. The van der Waals surface area contributed by atoms with Gasteiger partial charge in [0.15, 0.2) is 0 Å². The summed E-state index contributed by atoms with van der Waals surface area (Å²) in [6.45, 7) is 2.47. The molecule has 29 heavy (non-hydrogen) atoms. The molecule has 0 atom stereocenters. The van der Waals surface area contributed by atoms with Gasteiger partial charge in [0, 0.05) is 16.3 Å². The van der Waals surface area contributed by atoms with Gasteiger partial charge in [-0.1, -0.05) is 35.0 Å². The van der Waals surface area contributed by atoms with E-state index < -0.39 is 0 Å². The zero-order valence-electron chi connectivity index (χ0n) is 16.0. The zero-order valence-corrected chi connectivity index (χ0v) is 16.8. The molecule has 7 heteroatoms. The third kappa shape index (κ3) is 4.07. The van der Waals surface area contributed by atoms with E-state index in [1.54, 1.807) is 30.0 Å². The molecule has 1 N–H and O–H groups in total. The average Bonchev–Trinajstić information content (AvgIpc) is 3.13. The summed E-state index contributed by atoms with van der Waals surface area (Å²) in [5.41, 5.74) is 4.66. The number of amides is 1. The molecule has 4 rings (SSSR count). The molecule has 6 nitrogen and oxygen atoms in total. The number of ether oxygens (including phenoxy) is 1. The van der Waals surface area contributed by atoms with Gasteiger partial charge in [-0.2, -0.15) is 0 Å². The molecule has 0 bridgehead atoms. The summed E-state index contributed by atoms with van der Waals surface area (Å²) in [5, 5.41) is 11.9. The Morgan fingerprint density at radius 1 is 1.14 bits per heavy atom. The standard InChI is InChI=1S/C22H19ClN4O2/c1-14-6-8-17(12-19(14)23)24-22(28)16-7-9-21-20(11-16)25-26-27(21)13-15-4-3-5-18(10-15)29-2/h3-12H,13H2,1-2H3,(H,24,28). The van der Waals surface area contributed by atoms with E-state index in [9.17, 15) is 4.79 Å². The van der Waals surface area contributed by atoms with Crippen LogP contribution in [0.4, 0.5) is 5.69 Å². The third-order valence-electron chi connectivity index (χ3n) is 4.67. The van der Waals surface area contributed by atoms with Crippen molar-refractivity contribution >= 4 is 34.2 Å². The monoisotopic (exact) mass is 406 g/mol. The fraction of sp³-hybridized carbons (Fsp3) is 0.136. The second-order valence-electron chi connectivity index (χ2n) is 6.72. The number of hydrogen-bond donors (Lipinski definition) is 1. The molecule has 0 aliphatic heterocycles. The predicted octanol–water partition coefficient (Wildman–Crippen LogP) is 4.70. The number of nitrogens with zero attached hydrogens (tertiary/aromatic N) is 3. The Morgan fingerprint density at radius 2 is 2.00 bits per heavy atom. The maximum Gasteiger partial charge on any atom is 0.255 e. The van der Waals surface area contributed by atoms with Gasteiger partial charge in [-0.15, -0.1) is 5.10 Å². The first kappa shape index (κ1) is 19.0. The molecule has 0 aliphatic carbocycles. The Morgan fingerprint density at radius 3 is 2.79 bits per heavy atom. The van der Waals surface area contributed by atoms with E-state index in [4.69, 9.17) is 16.3 Å². The van der Waals surface area contributed by atoms with Gasteiger partial charge < -0.3 is 10.1 Å². The number of carbonyl (C=O) groups is 1. The SMILES string of the molecule is COc1cccc(Cn2nnc3cc(C(=O)Nc4ccc(C)c(Cl)c4)ccc32)c1. The van der Waals surface area contributed by atoms with Crippen LogP contribution in [0.25, 0.3) is 11.0 Å². The number of methoxy groups -OCH3 is 1. The molecule has 1 aromatic heterocycles. The Hall–Kier alpha value is -3.38. The summed E-state index contributed by atoms with van der Waals surface area (Å²) in [6.07, 6.45) is 0. The number of carbonyl (C=O) groups excluding carboxylic acids is 1. The number of aryl methyl sites for hydroxylation is 1. The van der Waals surface area contributed by atoms with Crippen LogP contribution < -0.4 is 10.1 Å². The van der Waals surface area contributed by atoms with Gasteiger partial charge in [-0.25, -0.2) is 4.68 Å². The number of anilines is 1. The van der Waals surface area contributed by atoms with Crippen molar-refractivity contribution in [3.8, 4) is 5.75 Å². The van der Waals surface area contributed by atoms with Crippen LogP contribution in [0.3, 0.4) is 0 Å². The third-order valence-corrected chi connectivity index (χ3v) is 5.08. The maximum atomic E-state index is 12.6. The normalized spacial score (nSPS) is 10.9.